The highest BCUT2D eigenvalue weighted by atomic mass is 16.5. The average Bonchev–Trinajstić information content (AvgIpc) is 2.77. The van der Waals surface area contributed by atoms with Crippen LogP contribution in [-0.4, -0.2) is 58.5 Å². The van der Waals surface area contributed by atoms with E-state index in [4.69, 9.17) is 9.47 Å². The Labute approximate surface area is 118 Å². The first-order valence-electron chi connectivity index (χ1n) is 6.50. The molecule has 0 aromatic heterocycles. The van der Waals surface area contributed by atoms with Gasteiger partial charge < -0.3 is 19.3 Å². The fourth-order valence-electron chi connectivity index (χ4n) is 2.50. The third kappa shape index (κ3) is 2.43. The van der Waals surface area contributed by atoms with Crippen molar-refractivity contribution < 1.29 is 14.3 Å². The molecule has 1 atom stereocenters. The number of rotatable bonds is 5. The van der Waals surface area contributed by atoms with Crippen molar-refractivity contribution in [2.45, 2.75) is 6.23 Å². The number of benzene rings is 1. The Kier molecular flexibility index (Phi) is 4.45. The van der Waals surface area contributed by atoms with E-state index in [1.165, 1.54) is 0 Å². The molecular weight excluding hydrogens is 256 g/mol. The van der Waals surface area contributed by atoms with E-state index in [9.17, 15) is 4.79 Å². The number of nitrogens with zero attached hydrogens (tertiary/aromatic N) is 2. The van der Waals surface area contributed by atoms with Gasteiger partial charge in [-0.15, -0.1) is 0 Å². The molecule has 0 radical (unpaired) electrons. The maximum absolute atomic E-state index is 11.1. The molecule has 5 nitrogen and oxygen atoms in total. The minimum atomic E-state index is -0.301. The summed E-state index contributed by atoms with van der Waals surface area (Å²) in [5.74, 6) is 2.65. The van der Waals surface area contributed by atoms with Crippen molar-refractivity contribution >= 4 is 17.4 Å². The van der Waals surface area contributed by atoms with Crippen molar-refractivity contribution in [2.75, 3.05) is 46.3 Å². The van der Waals surface area contributed by atoms with Crippen LogP contribution < -0.4 is 15.3 Å². The molecule has 2 rings (SSSR count). The number of likely N-dealkylation sites (N-methyl/N-ethyl adjacent to an activating group) is 1. The molecule has 0 bridgehead atoms. The van der Waals surface area contributed by atoms with Crippen LogP contribution in [0.1, 0.15) is 0 Å². The van der Waals surface area contributed by atoms with Gasteiger partial charge in [0, 0.05) is 20.2 Å². The van der Waals surface area contributed by atoms with Gasteiger partial charge >= 0.3 is 0 Å². The Balaban J connectivity index is 2.56. The monoisotopic (exact) mass is 276 g/mol. The molecule has 0 amide bonds. The van der Waals surface area contributed by atoms with E-state index < -0.39 is 0 Å². The van der Waals surface area contributed by atoms with E-state index in [2.05, 4.69) is 9.80 Å². The molecule has 20 heavy (non-hydrogen) atoms. The summed E-state index contributed by atoms with van der Waals surface area (Å²) in [6.07, 6.45) is -0.301. The molecule has 0 saturated heterocycles. The lowest BCUT2D eigenvalue weighted by atomic mass is 10.2. The third-order valence-electron chi connectivity index (χ3n) is 3.45. The second-order valence-corrected chi connectivity index (χ2v) is 4.95. The second-order valence-electron chi connectivity index (χ2n) is 4.95. The fraction of sp³-hybridized carbons (Fsp3) is 0.467. The van der Waals surface area contributed by atoms with E-state index in [1.807, 2.05) is 32.2 Å². The molecule has 108 valence electrons. The summed E-state index contributed by atoms with van der Waals surface area (Å²) in [5, 5.41) is 1.30. The number of methoxy groups -OCH3 is 2. The first-order chi connectivity index (χ1) is 9.63. The van der Waals surface area contributed by atoms with Gasteiger partial charge in [-0.3, -0.25) is 0 Å². The van der Waals surface area contributed by atoms with E-state index in [0.29, 0.717) is 11.0 Å². The summed E-state index contributed by atoms with van der Waals surface area (Å²) in [6.45, 7) is 1.67. The first-order valence-corrected chi connectivity index (χ1v) is 6.50. The Morgan fingerprint density at radius 2 is 2.10 bits per heavy atom. The number of hydrogen-bond acceptors (Lipinski definition) is 5. The van der Waals surface area contributed by atoms with Crippen LogP contribution >= 0.6 is 0 Å². The van der Waals surface area contributed by atoms with Crippen LogP contribution in [0.15, 0.2) is 18.2 Å². The molecule has 1 aromatic carbocycles. The molecule has 1 unspecified atom stereocenters. The lowest BCUT2D eigenvalue weighted by Crippen LogP contribution is -2.39. The second kappa shape index (κ2) is 6.09. The van der Waals surface area contributed by atoms with Gasteiger partial charge in [-0.25, -0.2) is 4.79 Å². The number of anilines is 1. The van der Waals surface area contributed by atoms with Crippen molar-refractivity contribution in [1.29, 1.82) is 0 Å². The van der Waals surface area contributed by atoms with Crippen molar-refractivity contribution in [3.8, 4) is 0 Å². The van der Waals surface area contributed by atoms with Gasteiger partial charge in [-0.05, 0) is 26.2 Å². The molecule has 5 heteroatoms. The fourth-order valence-corrected chi connectivity index (χ4v) is 2.50. The van der Waals surface area contributed by atoms with Gasteiger partial charge in [-0.1, -0.05) is 6.07 Å². The van der Waals surface area contributed by atoms with Crippen LogP contribution in [-0.2, 0) is 14.3 Å². The van der Waals surface area contributed by atoms with E-state index >= 15 is 0 Å². The molecule has 0 spiro atoms. The zero-order valence-corrected chi connectivity index (χ0v) is 12.3. The minimum Gasteiger partial charge on any atom is -0.496 e. The molecule has 0 N–H and O–H groups in total. The molecule has 1 aliphatic heterocycles. The Hall–Kier alpha value is -1.81. The number of carbonyl (C=O) groups excluding carboxylic acids is 1. The average molecular weight is 276 g/mol. The van der Waals surface area contributed by atoms with E-state index in [1.54, 1.807) is 20.3 Å². The Morgan fingerprint density at radius 1 is 1.35 bits per heavy atom. The highest BCUT2D eigenvalue weighted by Crippen LogP contribution is 2.24. The van der Waals surface area contributed by atoms with Crippen LogP contribution in [0.25, 0.3) is 5.76 Å². The minimum absolute atomic E-state index is 0.301. The van der Waals surface area contributed by atoms with Crippen LogP contribution in [0.4, 0.5) is 5.69 Å². The van der Waals surface area contributed by atoms with Crippen molar-refractivity contribution in [2.24, 2.45) is 0 Å². The summed E-state index contributed by atoms with van der Waals surface area (Å²) in [6, 6.07) is 5.57. The van der Waals surface area contributed by atoms with E-state index in [0.717, 1.165) is 24.0 Å². The van der Waals surface area contributed by atoms with Crippen LogP contribution in [0.3, 0.4) is 0 Å². The zero-order valence-electron chi connectivity index (χ0n) is 12.3. The summed E-state index contributed by atoms with van der Waals surface area (Å²) in [7, 11) is 7.29. The highest BCUT2D eigenvalue weighted by molar-refractivity contribution is 5.69. The molecule has 1 aromatic rings. The topological polar surface area (TPSA) is 42.0 Å². The SMILES string of the molecule is COC1=c2c(cccc2=C=O)N(CCN(C)C)C1OC. The largest absolute Gasteiger partial charge is 0.496 e. The van der Waals surface area contributed by atoms with Gasteiger partial charge in [0.25, 0.3) is 0 Å². The maximum Gasteiger partial charge on any atom is 0.189 e. The van der Waals surface area contributed by atoms with Gasteiger partial charge in [0.15, 0.2) is 12.0 Å². The van der Waals surface area contributed by atoms with Crippen molar-refractivity contribution in [1.82, 2.24) is 4.90 Å². The zero-order chi connectivity index (χ0) is 14.7. The lowest BCUT2D eigenvalue weighted by Gasteiger charge is -2.29. The number of fused-ring (bicyclic) bond motifs is 1. The smallest absolute Gasteiger partial charge is 0.189 e. The van der Waals surface area contributed by atoms with Crippen LogP contribution in [0.2, 0.25) is 0 Å². The Bertz CT molecular complexity index is 620. The summed E-state index contributed by atoms with van der Waals surface area (Å²) in [5.41, 5.74) is 0.955. The molecule has 0 aliphatic carbocycles. The van der Waals surface area contributed by atoms with Gasteiger partial charge in [0.1, 0.15) is 5.94 Å². The number of hydrogen-bond donors (Lipinski definition) is 0. The third-order valence-corrected chi connectivity index (χ3v) is 3.45. The van der Waals surface area contributed by atoms with Gasteiger partial charge in [-0.2, -0.15) is 0 Å². The van der Waals surface area contributed by atoms with Crippen molar-refractivity contribution in [3.63, 3.8) is 0 Å². The highest BCUT2D eigenvalue weighted by Gasteiger charge is 2.32. The standard InChI is InChI=1S/C15H20N2O3/c1-16(2)8-9-17-12-7-5-6-11(10-18)13(12)14(19-3)15(17)20-4/h5-7,15H,8-9H2,1-4H3. The summed E-state index contributed by atoms with van der Waals surface area (Å²) < 4.78 is 11.0. The first kappa shape index (κ1) is 14.6. The predicted molar refractivity (Wildman–Crippen MR) is 77.6 cm³/mol. The quantitative estimate of drug-likeness (QED) is 0.711. The molecule has 0 saturated carbocycles. The van der Waals surface area contributed by atoms with Crippen molar-refractivity contribution in [3.05, 3.63) is 28.6 Å². The van der Waals surface area contributed by atoms with Crippen LogP contribution in [0, 0.1) is 0 Å². The predicted octanol–water partition coefficient (Wildman–Crippen LogP) is -0.701. The molecular formula is C15H20N2O3. The Morgan fingerprint density at radius 3 is 2.65 bits per heavy atom. The number of ether oxygens (including phenoxy) is 2. The molecule has 1 heterocycles. The van der Waals surface area contributed by atoms with E-state index in [-0.39, 0.29) is 6.23 Å². The maximum atomic E-state index is 11.1. The summed E-state index contributed by atoms with van der Waals surface area (Å²) >= 11 is 0. The summed E-state index contributed by atoms with van der Waals surface area (Å²) in [4.78, 5) is 15.3. The van der Waals surface area contributed by atoms with Gasteiger partial charge in [0.05, 0.1) is 23.2 Å². The van der Waals surface area contributed by atoms with Crippen LogP contribution in [0.5, 0.6) is 0 Å². The normalized spacial score (nSPS) is 17.4. The molecule has 1 aliphatic rings. The lowest BCUT2D eigenvalue weighted by molar-refractivity contribution is 0.115. The molecule has 0 fully saturated rings. The van der Waals surface area contributed by atoms with Gasteiger partial charge in [0.2, 0.25) is 0 Å².